The Hall–Kier alpha value is -2.16. The Morgan fingerprint density at radius 2 is 2.15 bits per heavy atom. The molecule has 1 saturated heterocycles. The van der Waals surface area contributed by atoms with Crippen LogP contribution in [0.5, 0.6) is 5.75 Å². The third-order valence-corrected chi connectivity index (χ3v) is 5.24. The summed E-state index contributed by atoms with van der Waals surface area (Å²) in [6.07, 6.45) is 1.20. The zero-order valence-corrected chi connectivity index (χ0v) is 15.8. The molecule has 1 aromatic carbocycles. The van der Waals surface area contributed by atoms with Crippen molar-refractivity contribution in [3.8, 4) is 5.75 Å². The minimum Gasteiger partial charge on any atom is -0.495 e. The highest BCUT2D eigenvalue weighted by atomic mass is 32.1. The lowest BCUT2D eigenvalue weighted by Crippen LogP contribution is -2.47. The van der Waals surface area contributed by atoms with Crippen LogP contribution < -0.4 is 15.0 Å². The van der Waals surface area contributed by atoms with E-state index in [4.69, 9.17) is 4.74 Å². The molecule has 0 bridgehead atoms. The number of hydrogen-bond acceptors (Lipinski definition) is 7. The number of aliphatic hydroxyl groups excluding tert-OH is 1. The molecule has 1 fully saturated rings. The summed E-state index contributed by atoms with van der Waals surface area (Å²) in [4.78, 5) is 20.2. The number of methoxy groups -OCH3 is 1. The number of aliphatic hydroxyl groups is 1. The van der Waals surface area contributed by atoms with Crippen LogP contribution in [0.2, 0.25) is 0 Å². The molecule has 1 aliphatic rings. The number of nitrogens with zero attached hydrogens (tertiary/aromatic N) is 3. The Bertz CT molecular complexity index is 730. The number of carbonyl (C=O) groups excluding carboxylic acids is 1. The van der Waals surface area contributed by atoms with Gasteiger partial charge in [-0.3, -0.25) is 9.69 Å². The SMILES string of the molecule is COc1ccc([C@@H](O)CN2CCN(c3nccs3)CC2)cc1NC(C)=O. The van der Waals surface area contributed by atoms with Crippen molar-refractivity contribution in [1.82, 2.24) is 9.88 Å². The number of rotatable bonds is 6. The van der Waals surface area contributed by atoms with E-state index in [1.54, 1.807) is 30.6 Å². The standard InChI is InChI=1S/C18H24N4O3S/c1-13(23)20-15-11-14(3-4-17(15)25-2)16(24)12-21-6-8-22(9-7-21)18-19-5-10-26-18/h3-5,10-11,16,24H,6-9,12H2,1-2H3,(H,20,23)/t16-/m0/s1. The summed E-state index contributed by atoms with van der Waals surface area (Å²) in [6.45, 7) is 5.57. The molecule has 1 aliphatic heterocycles. The summed E-state index contributed by atoms with van der Waals surface area (Å²) in [5, 5.41) is 16.4. The number of thiazole rings is 1. The van der Waals surface area contributed by atoms with Gasteiger partial charge in [-0.25, -0.2) is 4.98 Å². The van der Waals surface area contributed by atoms with Crippen molar-refractivity contribution in [2.75, 3.05) is 50.1 Å². The Morgan fingerprint density at radius 1 is 1.38 bits per heavy atom. The highest BCUT2D eigenvalue weighted by Crippen LogP contribution is 2.29. The van der Waals surface area contributed by atoms with Gasteiger partial charge in [-0.05, 0) is 17.7 Å². The van der Waals surface area contributed by atoms with Crippen molar-refractivity contribution in [2.45, 2.75) is 13.0 Å². The fourth-order valence-corrected chi connectivity index (χ4v) is 3.76. The second-order valence-corrected chi connectivity index (χ2v) is 7.13. The van der Waals surface area contributed by atoms with Crippen molar-refractivity contribution >= 4 is 28.1 Å². The molecule has 1 aromatic heterocycles. The molecule has 2 heterocycles. The smallest absolute Gasteiger partial charge is 0.221 e. The number of hydrogen-bond donors (Lipinski definition) is 2. The molecule has 7 nitrogen and oxygen atoms in total. The second-order valence-electron chi connectivity index (χ2n) is 6.26. The summed E-state index contributed by atoms with van der Waals surface area (Å²) >= 11 is 1.65. The van der Waals surface area contributed by atoms with E-state index in [1.807, 2.05) is 17.6 Å². The average Bonchev–Trinajstić information content (AvgIpc) is 3.16. The molecule has 26 heavy (non-hydrogen) atoms. The fourth-order valence-electron chi connectivity index (χ4n) is 3.06. The Kier molecular flexibility index (Phi) is 6.08. The van der Waals surface area contributed by atoms with E-state index in [2.05, 4.69) is 20.1 Å². The van der Waals surface area contributed by atoms with Crippen molar-refractivity contribution in [3.63, 3.8) is 0 Å². The number of aromatic nitrogens is 1. The molecule has 0 radical (unpaired) electrons. The van der Waals surface area contributed by atoms with Gasteiger partial charge in [0.05, 0.1) is 18.9 Å². The summed E-state index contributed by atoms with van der Waals surface area (Å²) in [6, 6.07) is 5.38. The van der Waals surface area contributed by atoms with Crippen LogP contribution in [0.25, 0.3) is 0 Å². The molecule has 3 rings (SSSR count). The molecular weight excluding hydrogens is 352 g/mol. The highest BCUT2D eigenvalue weighted by Gasteiger charge is 2.21. The number of ether oxygens (including phenoxy) is 1. The predicted molar refractivity (Wildman–Crippen MR) is 103 cm³/mol. The van der Waals surface area contributed by atoms with Gasteiger partial charge in [-0.1, -0.05) is 6.07 Å². The Balaban J connectivity index is 1.59. The molecule has 0 unspecified atom stereocenters. The van der Waals surface area contributed by atoms with E-state index in [0.29, 0.717) is 18.0 Å². The van der Waals surface area contributed by atoms with Crippen molar-refractivity contribution in [2.24, 2.45) is 0 Å². The number of β-amino-alcohol motifs (C(OH)–C–C–N with tert-alkyl or cyclic N) is 1. The molecule has 1 atom stereocenters. The fraction of sp³-hybridized carbons (Fsp3) is 0.444. The lowest BCUT2D eigenvalue weighted by molar-refractivity contribution is -0.114. The minimum absolute atomic E-state index is 0.173. The van der Waals surface area contributed by atoms with E-state index in [1.165, 1.54) is 6.92 Å². The number of benzene rings is 1. The third-order valence-electron chi connectivity index (χ3n) is 4.41. The van der Waals surface area contributed by atoms with Gasteiger partial charge in [-0.2, -0.15) is 0 Å². The predicted octanol–water partition coefficient (Wildman–Crippen LogP) is 1.97. The maximum atomic E-state index is 11.4. The lowest BCUT2D eigenvalue weighted by Gasteiger charge is -2.35. The van der Waals surface area contributed by atoms with E-state index >= 15 is 0 Å². The number of nitrogens with one attached hydrogen (secondary N) is 1. The molecule has 0 spiro atoms. The largest absolute Gasteiger partial charge is 0.495 e. The van der Waals surface area contributed by atoms with Gasteiger partial charge in [-0.15, -0.1) is 11.3 Å². The lowest BCUT2D eigenvalue weighted by atomic mass is 10.1. The van der Waals surface area contributed by atoms with Gasteiger partial charge in [0.15, 0.2) is 5.13 Å². The minimum atomic E-state index is -0.625. The number of carbonyl (C=O) groups is 1. The molecule has 8 heteroatoms. The molecule has 2 N–H and O–H groups in total. The van der Waals surface area contributed by atoms with E-state index in [0.717, 1.165) is 36.9 Å². The zero-order valence-electron chi connectivity index (χ0n) is 15.0. The van der Waals surface area contributed by atoms with Crippen molar-refractivity contribution < 1.29 is 14.6 Å². The number of anilines is 2. The van der Waals surface area contributed by atoms with Gasteiger partial charge in [0.2, 0.25) is 5.91 Å². The van der Waals surface area contributed by atoms with Crippen LogP contribution in [0, 0.1) is 0 Å². The first-order chi connectivity index (χ1) is 12.6. The first-order valence-corrected chi connectivity index (χ1v) is 9.45. The molecule has 1 amide bonds. The quantitative estimate of drug-likeness (QED) is 0.803. The van der Waals surface area contributed by atoms with Gasteiger partial charge in [0.1, 0.15) is 5.75 Å². The number of amides is 1. The maximum Gasteiger partial charge on any atom is 0.221 e. The topological polar surface area (TPSA) is 77.9 Å². The molecule has 0 saturated carbocycles. The first-order valence-electron chi connectivity index (χ1n) is 8.57. The summed E-state index contributed by atoms with van der Waals surface area (Å²) in [5.74, 6) is 0.404. The van der Waals surface area contributed by atoms with Gasteiger partial charge >= 0.3 is 0 Å². The highest BCUT2D eigenvalue weighted by molar-refractivity contribution is 7.13. The third kappa shape index (κ3) is 4.51. The van der Waals surface area contributed by atoms with Crippen molar-refractivity contribution in [3.05, 3.63) is 35.3 Å². The van der Waals surface area contributed by atoms with Gasteiger partial charge in [0, 0.05) is 51.2 Å². The van der Waals surface area contributed by atoms with Crippen molar-refractivity contribution in [1.29, 1.82) is 0 Å². The summed E-state index contributed by atoms with van der Waals surface area (Å²) in [5.41, 5.74) is 1.34. The summed E-state index contributed by atoms with van der Waals surface area (Å²) < 4.78 is 5.26. The number of piperazine rings is 1. The molecule has 2 aromatic rings. The summed E-state index contributed by atoms with van der Waals surface area (Å²) in [7, 11) is 1.55. The van der Waals surface area contributed by atoms with E-state index in [-0.39, 0.29) is 5.91 Å². The van der Waals surface area contributed by atoms with Crippen LogP contribution in [0.15, 0.2) is 29.8 Å². The van der Waals surface area contributed by atoms with E-state index in [9.17, 15) is 9.90 Å². The van der Waals surface area contributed by atoms with Crippen LogP contribution in [-0.4, -0.2) is 60.7 Å². The normalized spacial score (nSPS) is 16.3. The van der Waals surface area contributed by atoms with Crippen LogP contribution in [0.1, 0.15) is 18.6 Å². The van der Waals surface area contributed by atoms with Crippen LogP contribution in [-0.2, 0) is 4.79 Å². The first kappa shape index (κ1) is 18.6. The van der Waals surface area contributed by atoms with Crippen LogP contribution in [0.4, 0.5) is 10.8 Å². The molecule has 140 valence electrons. The monoisotopic (exact) mass is 376 g/mol. The van der Waals surface area contributed by atoms with Gasteiger partial charge in [0.25, 0.3) is 0 Å². The molecule has 0 aliphatic carbocycles. The zero-order chi connectivity index (χ0) is 18.5. The van der Waals surface area contributed by atoms with Crippen LogP contribution in [0.3, 0.4) is 0 Å². The Morgan fingerprint density at radius 3 is 2.77 bits per heavy atom. The Labute approximate surface area is 157 Å². The van der Waals surface area contributed by atoms with E-state index < -0.39 is 6.10 Å². The second kappa shape index (κ2) is 8.48. The van der Waals surface area contributed by atoms with Gasteiger partial charge < -0.3 is 20.1 Å². The molecular formula is C18H24N4O3S. The average molecular weight is 376 g/mol. The maximum absolute atomic E-state index is 11.4. The van der Waals surface area contributed by atoms with Crippen LogP contribution >= 0.6 is 11.3 Å².